The van der Waals surface area contributed by atoms with Gasteiger partial charge in [-0.3, -0.25) is 0 Å². The number of rotatable bonds is 3. The fourth-order valence-corrected chi connectivity index (χ4v) is 2.53. The van der Waals surface area contributed by atoms with Crippen molar-refractivity contribution in [1.82, 2.24) is 0 Å². The summed E-state index contributed by atoms with van der Waals surface area (Å²) in [5.41, 5.74) is 0. The van der Waals surface area contributed by atoms with Crippen molar-refractivity contribution in [3.05, 3.63) is 33.7 Å². The molecule has 0 unspecified atom stereocenters. The molecule has 0 atom stereocenters. The minimum absolute atomic E-state index is 0.332. The summed E-state index contributed by atoms with van der Waals surface area (Å²) in [7, 11) is -0.332. The van der Waals surface area contributed by atoms with E-state index in [0.717, 1.165) is 0 Å². The number of hydrogen-bond acceptors (Lipinski definition) is 3. The van der Waals surface area contributed by atoms with Crippen molar-refractivity contribution in [3.63, 3.8) is 0 Å². The second-order valence-electron chi connectivity index (χ2n) is 1.34. The molecule has 0 aromatic carbocycles. The van der Waals surface area contributed by atoms with E-state index in [4.69, 9.17) is 0 Å². The molecule has 0 N–H and O–H groups in total. The van der Waals surface area contributed by atoms with Gasteiger partial charge in [0.1, 0.15) is 0 Å². The maximum absolute atomic E-state index is 3.96. The van der Waals surface area contributed by atoms with E-state index in [0.29, 0.717) is 0 Å². The van der Waals surface area contributed by atoms with Gasteiger partial charge in [-0.1, -0.05) is 0 Å². The highest BCUT2D eigenvalue weighted by atomic mass is 32.1. The Morgan fingerprint density at radius 1 is 0.700 bits per heavy atom. The molecule has 0 spiro atoms. The molecule has 0 nitrogen and oxygen atoms in total. The van der Waals surface area contributed by atoms with Crippen LogP contribution in [0.15, 0.2) is 33.7 Å². The smallest absolute Gasteiger partial charge is 0.0314 e. The van der Waals surface area contributed by atoms with Gasteiger partial charge in [-0.25, -0.2) is 0 Å². The van der Waals surface area contributed by atoms with Crippen LogP contribution in [0.5, 0.6) is 0 Å². The van der Waals surface area contributed by atoms with E-state index in [9.17, 15) is 0 Å². The molecule has 0 bridgehead atoms. The summed E-state index contributed by atoms with van der Waals surface area (Å²) in [6.45, 7) is 0. The van der Waals surface area contributed by atoms with Gasteiger partial charge in [0.25, 0.3) is 0 Å². The van der Waals surface area contributed by atoms with Gasteiger partial charge < -0.3 is 0 Å². The minimum Gasteiger partial charge on any atom is -0.151 e. The molecule has 0 saturated heterocycles. The summed E-state index contributed by atoms with van der Waals surface area (Å²) < 4.78 is 0. The summed E-state index contributed by atoms with van der Waals surface area (Å²) in [6.07, 6.45) is 0. The maximum atomic E-state index is 3.96. The van der Waals surface area contributed by atoms with Gasteiger partial charge in [-0.05, 0) is 41.6 Å². The van der Waals surface area contributed by atoms with E-state index >= 15 is 0 Å². The van der Waals surface area contributed by atoms with E-state index in [2.05, 4.69) is 37.9 Å². The first-order valence-corrected chi connectivity index (χ1v) is 5.65. The van der Waals surface area contributed by atoms with E-state index < -0.39 is 0 Å². The topological polar surface area (TPSA) is 0 Å². The van der Waals surface area contributed by atoms with Crippen LogP contribution in [0.4, 0.5) is 0 Å². The predicted octanol–water partition coefficient (Wildman–Crippen LogP) is 3.67. The third-order valence-corrected chi connectivity index (χ3v) is 3.35. The normalized spacial score (nSPS) is 13.2. The van der Waals surface area contributed by atoms with Crippen molar-refractivity contribution in [2.45, 2.75) is 0 Å². The van der Waals surface area contributed by atoms with Gasteiger partial charge in [0, 0.05) is 0 Å². The van der Waals surface area contributed by atoms with Gasteiger partial charge in [0.15, 0.2) is 0 Å². The standard InChI is InChI=1S/C6H9PS3/c8-4-1-7(2-5-9)3-6-10/h1-6,8-10H/b4-1+,5-2+,6-3+. The van der Waals surface area contributed by atoms with Gasteiger partial charge in [0.2, 0.25) is 0 Å². The zero-order valence-corrected chi connectivity index (χ0v) is 8.83. The molecule has 0 heterocycles. The van der Waals surface area contributed by atoms with Gasteiger partial charge in [-0.2, -0.15) is 37.9 Å². The van der Waals surface area contributed by atoms with Crippen LogP contribution in [0.25, 0.3) is 0 Å². The predicted molar refractivity (Wildman–Crippen MR) is 61.3 cm³/mol. The second-order valence-corrected chi connectivity index (χ2v) is 4.02. The Kier molecular flexibility index (Phi) is 8.35. The zero-order chi connectivity index (χ0) is 7.82. The van der Waals surface area contributed by atoms with Crippen molar-refractivity contribution in [2.75, 3.05) is 0 Å². The first-order valence-electron chi connectivity index (χ1n) is 2.55. The molecule has 0 fully saturated rings. The van der Waals surface area contributed by atoms with Crippen molar-refractivity contribution in [1.29, 1.82) is 0 Å². The van der Waals surface area contributed by atoms with Crippen molar-refractivity contribution in [2.24, 2.45) is 0 Å². The number of thiol groups is 3. The van der Waals surface area contributed by atoms with E-state index in [-0.39, 0.29) is 7.92 Å². The molecular weight excluding hydrogens is 199 g/mol. The molecule has 10 heavy (non-hydrogen) atoms. The molecule has 0 aliphatic heterocycles. The fraction of sp³-hybridized carbons (Fsp3) is 0. The average Bonchev–Trinajstić information content (AvgIpc) is 1.90. The Hall–Kier alpha value is 0.700. The van der Waals surface area contributed by atoms with Crippen LogP contribution in [-0.2, 0) is 0 Å². The Morgan fingerprint density at radius 3 is 1.20 bits per heavy atom. The van der Waals surface area contributed by atoms with Crippen LogP contribution >= 0.6 is 45.8 Å². The first-order chi connectivity index (χ1) is 4.85. The third-order valence-electron chi connectivity index (χ3n) is 0.716. The summed E-state index contributed by atoms with van der Waals surface area (Å²) in [4.78, 5) is 0. The Balaban J connectivity index is 3.97. The molecule has 0 radical (unpaired) electrons. The first kappa shape index (κ1) is 10.7. The highest BCUT2D eigenvalue weighted by Gasteiger charge is 1.88. The van der Waals surface area contributed by atoms with Crippen molar-refractivity contribution in [3.8, 4) is 0 Å². The molecule has 56 valence electrons. The summed E-state index contributed by atoms with van der Waals surface area (Å²) in [5.74, 6) is 5.99. The minimum atomic E-state index is -0.332. The lowest BCUT2D eigenvalue weighted by atomic mass is 11.2. The maximum Gasteiger partial charge on any atom is -0.0314 e. The third kappa shape index (κ3) is 5.48. The quantitative estimate of drug-likeness (QED) is 0.457. The van der Waals surface area contributed by atoms with E-state index in [1.807, 2.05) is 17.5 Å². The SMILES string of the molecule is S/C=C/P(/C=C/S)/C=C/S. The lowest BCUT2D eigenvalue weighted by Gasteiger charge is -1.96. The molecule has 0 aromatic rings. The van der Waals surface area contributed by atoms with Crippen LogP contribution < -0.4 is 0 Å². The van der Waals surface area contributed by atoms with Gasteiger partial charge >= 0.3 is 0 Å². The van der Waals surface area contributed by atoms with Crippen LogP contribution in [-0.4, -0.2) is 0 Å². The Morgan fingerprint density at radius 2 is 1.00 bits per heavy atom. The van der Waals surface area contributed by atoms with Crippen molar-refractivity contribution < 1.29 is 0 Å². The van der Waals surface area contributed by atoms with Gasteiger partial charge in [-0.15, -0.1) is 0 Å². The molecule has 0 saturated carbocycles. The summed E-state index contributed by atoms with van der Waals surface area (Å²) in [6, 6.07) is 0. The Bertz CT molecular complexity index is 123. The fourth-order valence-electron chi connectivity index (χ4n) is 0.380. The molecule has 0 aliphatic carbocycles. The monoisotopic (exact) mass is 208 g/mol. The molecule has 0 aromatic heterocycles. The lowest BCUT2D eigenvalue weighted by Crippen LogP contribution is -1.52. The number of hydrogen-bond donors (Lipinski definition) is 3. The zero-order valence-electron chi connectivity index (χ0n) is 5.25. The van der Waals surface area contributed by atoms with E-state index in [1.54, 1.807) is 16.2 Å². The average molecular weight is 208 g/mol. The Labute approximate surface area is 79.5 Å². The lowest BCUT2D eigenvalue weighted by molar-refractivity contribution is 2.35. The highest BCUT2D eigenvalue weighted by Crippen LogP contribution is 2.40. The molecule has 4 heteroatoms. The van der Waals surface area contributed by atoms with Crippen LogP contribution in [0.2, 0.25) is 0 Å². The van der Waals surface area contributed by atoms with E-state index in [1.165, 1.54) is 0 Å². The molecule has 0 aliphatic rings. The summed E-state index contributed by atoms with van der Waals surface area (Å²) >= 11 is 11.9. The van der Waals surface area contributed by atoms with Crippen LogP contribution in [0.1, 0.15) is 0 Å². The second kappa shape index (κ2) is 7.80. The molecule has 0 rings (SSSR count). The largest absolute Gasteiger partial charge is 0.151 e. The summed E-state index contributed by atoms with van der Waals surface area (Å²) in [5, 5.41) is 5.19. The highest BCUT2D eigenvalue weighted by molar-refractivity contribution is 7.85. The van der Waals surface area contributed by atoms with Gasteiger partial charge in [0.05, 0.1) is 0 Å². The van der Waals surface area contributed by atoms with Crippen LogP contribution in [0, 0.1) is 0 Å². The molecular formula is C6H9PS3. The van der Waals surface area contributed by atoms with Crippen molar-refractivity contribution >= 4 is 45.8 Å². The molecule has 0 amide bonds. The van der Waals surface area contributed by atoms with Crippen LogP contribution in [0.3, 0.4) is 0 Å².